The average Bonchev–Trinajstić information content (AvgIpc) is 2.86. The highest BCUT2D eigenvalue weighted by atomic mass is 32.2. The highest BCUT2D eigenvalue weighted by Gasteiger charge is 2.28. The van der Waals surface area contributed by atoms with E-state index >= 15 is 0 Å². The molecule has 0 radical (unpaired) electrons. The van der Waals surface area contributed by atoms with Crippen LogP contribution in [-0.4, -0.2) is 62.9 Å². The highest BCUT2D eigenvalue weighted by Crippen LogP contribution is 2.28. The minimum atomic E-state index is -0.431. The third-order valence-electron chi connectivity index (χ3n) is 5.25. The summed E-state index contributed by atoms with van der Waals surface area (Å²) in [6.45, 7) is 7.45. The van der Waals surface area contributed by atoms with Gasteiger partial charge in [-0.15, -0.1) is 0 Å². The maximum Gasteiger partial charge on any atom is 0.302 e. The molecular weight excluding hydrogens is 565 g/mol. The van der Waals surface area contributed by atoms with Gasteiger partial charge >= 0.3 is 11.9 Å². The summed E-state index contributed by atoms with van der Waals surface area (Å²) in [6.07, 6.45) is 2.43. The van der Waals surface area contributed by atoms with E-state index in [1.807, 2.05) is 44.2 Å². The molecule has 0 aliphatic rings. The summed E-state index contributed by atoms with van der Waals surface area (Å²) in [4.78, 5) is 36.1. The molecule has 1 rings (SSSR count). The van der Waals surface area contributed by atoms with Crippen LogP contribution in [-0.2, 0) is 39.8 Å². The van der Waals surface area contributed by atoms with Gasteiger partial charge < -0.3 is 18.9 Å². The quantitative estimate of drug-likeness (QED) is 0.153. The smallest absolute Gasteiger partial charge is 0.302 e. The summed E-state index contributed by atoms with van der Waals surface area (Å²) in [7, 11) is 0. The third-order valence-corrected chi connectivity index (χ3v) is 8.23. The van der Waals surface area contributed by atoms with Gasteiger partial charge in [0.15, 0.2) is 0 Å². The normalized spacial score (nSPS) is 13.1. The molecule has 7 nitrogen and oxygen atoms in total. The van der Waals surface area contributed by atoms with Crippen molar-refractivity contribution >= 4 is 74.4 Å². The lowest BCUT2D eigenvalue weighted by Gasteiger charge is -2.26. The van der Waals surface area contributed by atoms with E-state index in [2.05, 4.69) is 0 Å². The van der Waals surface area contributed by atoms with E-state index < -0.39 is 6.10 Å². The van der Waals surface area contributed by atoms with Crippen LogP contribution in [0.4, 0.5) is 0 Å². The predicted octanol–water partition coefficient (Wildman–Crippen LogP) is 6.09. The molecule has 0 fully saturated rings. The van der Waals surface area contributed by atoms with Gasteiger partial charge in [-0.1, -0.05) is 53.9 Å². The maximum absolute atomic E-state index is 12.9. The molecule has 3 unspecified atom stereocenters. The lowest BCUT2D eigenvalue weighted by molar-refractivity contribution is -0.146. The molecular formula is C27H38O7S4. The van der Waals surface area contributed by atoms with Gasteiger partial charge in [-0.2, -0.15) is 0 Å². The zero-order valence-corrected chi connectivity index (χ0v) is 25.7. The number of Topliss-reactive ketones (excluding diaryl/α,β-unsaturated/α-hetero) is 1. The van der Waals surface area contributed by atoms with Gasteiger partial charge in [0.25, 0.3) is 0 Å². The van der Waals surface area contributed by atoms with E-state index in [0.29, 0.717) is 47.7 Å². The Morgan fingerprint density at radius 2 is 1.42 bits per heavy atom. The Bertz CT molecular complexity index is 895. The second kappa shape index (κ2) is 20.2. The molecule has 0 saturated carbocycles. The fourth-order valence-electron chi connectivity index (χ4n) is 3.51. The molecule has 0 amide bonds. The Morgan fingerprint density at radius 1 is 0.816 bits per heavy atom. The number of benzene rings is 1. The Kier molecular flexibility index (Phi) is 18.3. The van der Waals surface area contributed by atoms with E-state index in [0.717, 1.165) is 12.0 Å². The number of carbonyl (C=O) groups excluding carboxylic acids is 3. The SMILES string of the molecule is CCOC(=S)SC(CCC(=O)CCC(SC(=S)OCC)C(CCc1ccccc1)OC(C)=O)COC(C)=O. The van der Waals surface area contributed by atoms with Crippen LogP contribution >= 0.6 is 48.0 Å². The molecule has 212 valence electrons. The molecule has 0 spiro atoms. The van der Waals surface area contributed by atoms with Crippen molar-refractivity contribution in [2.75, 3.05) is 19.8 Å². The number of ether oxygens (including phenoxy) is 4. The standard InChI is InChI=1S/C27H38O7S4/c1-5-31-26(35)37-23(18-33-19(3)28)15-13-22(30)14-17-25(38-27(36)32-6-2)24(34-20(4)29)16-12-21-10-8-7-9-11-21/h7-11,23-25H,5-6,12-18H2,1-4H3. The fraction of sp³-hybridized carbons (Fsp3) is 0.593. The van der Waals surface area contributed by atoms with E-state index in [-0.39, 0.29) is 41.2 Å². The van der Waals surface area contributed by atoms with Crippen molar-refractivity contribution in [2.24, 2.45) is 0 Å². The van der Waals surface area contributed by atoms with Gasteiger partial charge in [0.2, 0.25) is 8.77 Å². The molecule has 0 aliphatic carbocycles. The molecule has 3 atom stereocenters. The number of aryl methyl sites for hydroxylation is 1. The molecule has 38 heavy (non-hydrogen) atoms. The maximum atomic E-state index is 12.9. The second-order valence-electron chi connectivity index (χ2n) is 8.35. The Morgan fingerprint density at radius 3 is 2.00 bits per heavy atom. The summed E-state index contributed by atoms with van der Waals surface area (Å²) in [6, 6.07) is 9.96. The molecule has 1 aromatic rings. The first-order valence-electron chi connectivity index (χ1n) is 12.7. The summed E-state index contributed by atoms with van der Waals surface area (Å²) in [5.41, 5.74) is 1.14. The predicted molar refractivity (Wildman–Crippen MR) is 162 cm³/mol. The molecule has 1 aromatic carbocycles. The molecule has 0 aromatic heterocycles. The van der Waals surface area contributed by atoms with Crippen LogP contribution in [0.25, 0.3) is 0 Å². The number of thiocarbonyl (C=S) groups is 2. The van der Waals surface area contributed by atoms with Gasteiger partial charge in [-0.05, 0) is 69.5 Å². The van der Waals surface area contributed by atoms with Gasteiger partial charge in [0, 0.05) is 31.9 Å². The van der Waals surface area contributed by atoms with E-state index in [1.54, 1.807) is 0 Å². The largest absolute Gasteiger partial charge is 0.479 e. The molecule has 11 heteroatoms. The Balaban J connectivity index is 2.83. The van der Waals surface area contributed by atoms with Crippen LogP contribution in [0.2, 0.25) is 0 Å². The molecule has 0 N–H and O–H groups in total. The van der Waals surface area contributed by atoms with Crippen molar-refractivity contribution in [1.82, 2.24) is 0 Å². The lowest BCUT2D eigenvalue weighted by atomic mass is 10.0. The second-order valence-corrected chi connectivity index (χ2v) is 12.1. The summed E-state index contributed by atoms with van der Waals surface area (Å²) < 4.78 is 22.4. The number of hydrogen-bond donors (Lipinski definition) is 0. The van der Waals surface area contributed by atoms with Gasteiger partial charge in [0.1, 0.15) is 18.5 Å². The van der Waals surface area contributed by atoms with Crippen LogP contribution in [0.3, 0.4) is 0 Å². The van der Waals surface area contributed by atoms with Crippen LogP contribution < -0.4 is 0 Å². The molecule has 0 bridgehead atoms. The van der Waals surface area contributed by atoms with Crippen molar-refractivity contribution in [3.8, 4) is 0 Å². The summed E-state index contributed by atoms with van der Waals surface area (Å²) >= 11 is 13.2. The number of rotatable bonds is 17. The van der Waals surface area contributed by atoms with Crippen LogP contribution in [0.1, 0.15) is 65.4 Å². The number of hydrogen-bond acceptors (Lipinski definition) is 11. The van der Waals surface area contributed by atoms with Crippen molar-refractivity contribution in [3.05, 3.63) is 35.9 Å². The lowest BCUT2D eigenvalue weighted by Crippen LogP contribution is -2.31. The van der Waals surface area contributed by atoms with Crippen molar-refractivity contribution in [3.63, 3.8) is 0 Å². The first-order chi connectivity index (χ1) is 18.1. The molecule has 0 aliphatic heterocycles. The van der Waals surface area contributed by atoms with Crippen molar-refractivity contribution in [1.29, 1.82) is 0 Å². The van der Waals surface area contributed by atoms with Crippen molar-refractivity contribution in [2.45, 2.75) is 82.8 Å². The van der Waals surface area contributed by atoms with E-state index in [1.165, 1.54) is 37.4 Å². The number of esters is 2. The average molecular weight is 603 g/mol. The summed E-state index contributed by atoms with van der Waals surface area (Å²) in [5.74, 6) is -0.711. The third kappa shape index (κ3) is 16.3. The van der Waals surface area contributed by atoms with Gasteiger partial charge in [0.05, 0.1) is 18.5 Å². The van der Waals surface area contributed by atoms with Crippen LogP contribution in [0, 0.1) is 0 Å². The zero-order valence-electron chi connectivity index (χ0n) is 22.5. The zero-order chi connectivity index (χ0) is 28.3. The first-order valence-corrected chi connectivity index (χ1v) is 15.2. The summed E-state index contributed by atoms with van der Waals surface area (Å²) in [5, 5.41) is -0.417. The Labute approximate surface area is 245 Å². The first kappa shape index (κ1) is 34.3. The Hall–Kier alpha value is -1.69. The number of ketones is 1. The fourth-order valence-corrected chi connectivity index (χ4v) is 6.37. The topological polar surface area (TPSA) is 88.1 Å². The van der Waals surface area contributed by atoms with Crippen LogP contribution in [0.15, 0.2) is 30.3 Å². The van der Waals surface area contributed by atoms with Gasteiger partial charge in [-0.25, -0.2) is 0 Å². The minimum absolute atomic E-state index is 0.0540. The van der Waals surface area contributed by atoms with E-state index in [4.69, 9.17) is 43.4 Å². The molecule has 0 heterocycles. The number of carbonyl (C=O) groups is 3. The van der Waals surface area contributed by atoms with Gasteiger partial charge in [-0.3, -0.25) is 14.4 Å². The number of thioether (sulfide) groups is 2. The molecule has 0 saturated heterocycles. The highest BCUT2D eigenvalue weighted by molar-refractivity contribution is 8.23. The monoisotopic (exact) mass is 602 g/mol. The van der Waals surface area contributed by atoms with Crippen molar-refractivity contribution < 1.29 is 33.3 Å². The van der Waals surface area contributed by atoms with E-state index in [9.17, 15) is 14.4 Å². The van der Waals surface area contributed by atoms with Crippen LogP contribution in [0.5, 0.6) is 0 Å². The minimum Gasteiger partial charge on any atom is -0.479 e.